The molecule has 0 radical (unpaired) electrons. The second kappa shape index (κ2) is 5.08. The molecule has 1 aliphatic heterocycles. The fourth-order valence-electron chi connectivity index (χ4n) is 2.53. The van der Waals surface area contributed by atoms with E-state index >= 15 is 0 Å². The van der Waals surface area contributed by atoms with Crippen molar-refractivity contribution in [3.8, 4) is 11.5 Å². The van der Waals surface area contributed by atoms with E-state index in [0.29, 0.717) is 0 Å². The third-order valence-corrected chi connectivity index (χ3v) is 3.72. The largest absolute Gasteiger partial charge is 0.444 e. The van der Waals surface area contributed by atoms with Crippen LogP contribution >= 0.6 is 0 Å². The van der Waals surface area contributed by atoms with Gasteiger partial charge in [0.2, 0.25) is 0 Å². The van der Waals surface area contributed by atoms with Gasteiger partial charge in [-0.25, -0.2) is 0 Å². The van der Waals surface area contributed by atoms with E-state index < -0.39 is 5.79 Å². The molecule has 0 unspecified atom stereocenters. The van der Waals surface area contributed by atoms with Gasteiger partial charge in [-0.3, -0.25) is 0 Å². The van der Waals surface area contributed by atoms with Gasteiger partial charge >= 0.3 is 0 Å². The molecule has 0 saturated carbocycles. The molecule has 0 amide bonds. The van der Waals surface area contributed by atoms with Crippen LogP contribution < -0.4 is 9.47 Å². The highest BCUT2D eigenvalue weighted by Gasteiger charge is 2.44. The van der Waals surface area contributed by atoms with Gasteiger partial charge in [0, 0.05) is 5.56 Å². The third kappa shape index (κ3) is 2.88. The second-order valence-corrected chi connectivity index (χ2v) is 6.53. The summed E-state index contributed by atoms with van der Waals surface area (Å²) in [4.78, 5) is 0. The molecule has 0 saturated heterocycles. The standard InChI is InChI=1S/C18H22NO2/c1-19(2,3)14-13-18(15-9-5-4-6-10-15)20-16-11-7-8-12-17(16)21-18/h4-12H,13-14H2,1-3H3/q+1. The quantitative estimate of drug-likeness (QED) is 0.801. The lowest BCUT2D eigenvalue weighted by Gasteiger charge is -2.32. The van der Waals surface area contributed by atoms with Gasteiger partial charge in [0.15, 0.2) is 11.5 Å². The summed E-state index contributed by atoms with van der Waals surface area (Å²) in [5.74, 6) is 0.932. The van der Waals surface area contributed by atoms with Crippen LogP contribution in [0.2, 0.25) is 0 Å². The zero-order valence-corrected chi connectivity index (χ0v) is 12.9. The van der Waals surface area contributed by atoms with Crippen molar-refractivity contribution >= 4 is 0 Å². The Bertz CT molecular complexity index is 592. The Hall–Kier alpha value is -2.00. The molecule has 3 rings (SSSR count). The summed E-state index contributed by atoms with van der Waals surface area (Å²) in [6.45, 7) is 0.961. The summed E-state index contributed by atoms with van der Waals surface area (Å²) in [7, 11) is 6.54. The highest BCUT2D eigenvalue weighted by Crippen LogP contribution is 2.45. The molecule has 0 fully saturated rings. The molecule has 3 nitrogen and oxygen atoms in total. The molecule has 2 aromatic rings. The summed E-state index contributed by atoms with van der Waals surface area (Å²) in [5.41, 5.74) is 1.06. The van der Waals surface area contributed by atoms with E-state index in [-0.39, 0.29) is 0 Å². The van der Waals surface area contributed by atoms with Crippen LogP contribution in [0.4, 0.5) is 0 Å². The molecule has 0 aromatic heterocycles. The van der Waals surface area contributed by atoms with Gasteiger partial charge in [-0.1, -0.05) is 42.5 Å². The highest BCUT2D eigenvalue weighted by molar-refractivity contribution is 5.44. The highest BCUT2D eigenvalue weighted by atomic mass is 16.7. The number of quaternary nitrogens is 1. The average molecular weight is 284 g/mol. The van der Waals surface area contributed by atoms with Crippen LogP contribution in [-0.2, 0) is 5.79 Å². The van der Waals surface area contributed by atoms with Crippen molar-refractivity contribution in [1.29, 1.82) is 0 Å². The molecule has 21 heavy (non-hydrogen) atoms. The Morgan fingerprint density at radius 3 is 1.86 bits per heavy atom. The lowest BCUT2D eigenvalue weighted by Crippen LogP contribution is -2.43. The number of rotatable bonds is 4. The average Bonchev–Trinajstić information content (AvgIpc) is 2.85. The molecule has 0 spiro atoms. The summed E-state index contributed by atoms with van der Waals surface area (Å²) >= 11 is 0. The van der Waals surface area contributed by atoms with Gasteiger partial charge in [0.05, 0.1) is 34.1 Å². The Kier molecular flexibility index (Phi) is 3.38. The Balaban J connectivity index is 1.94. The molecule has 0 N–H and O–H groups in total. The smallest absolute Gasteiger partial charge is 0.283 e. The number of nitrogens with zero attached hydrogens (tertiary/aromatic N) is 1. The molecule has 2 aromatic carbocycles. The lowest BCUT2D eigenvalue weighted by molar-refractivity contribution is -0.871. The maximum absolute atomic E-state index is 6.24. The van der Waals surface area contributed by atoms with E-state index in [1.807, 2.05) is 42.5 Å². The zero-order valence-electron chi connectivity index (χ0n) is 12.9. The Morgan fingerprint density at radius 1 is 0.810 bits per heavy atom. The maximum Gasteiger partial charge on any atom is 0.283 e. The first-order valence-electron chi connectivity index (χ1n) is 7.32. The van der Waals surface area contributed by atoms with E-state index in [9.17, 15) is 0 Å². The van der Waals surface area contributed by atoms with Crippen LogP contribution in [0.25, 0.3) is 0 Å². The summed E-state index contributed by atoms with van der Waals surface area (Å²) in [5, 5.41) is 0. The van der Waals surface area contributed by atoms with Crippen molar-refractivity contribution in [3.63, 3.8) is 0 Å². The molecule has 1 heterocycles. The first kappa shape index (κ1) is 14.0. The van der Waals surface area contributed by atoms with Crippen LogP contribution in [0.5, 0.6) is 11.5 Å². The van der Waals surface area contributed by atoms with E-state index in [0.717, 1.165) is 34.5 Å². The molecule has 110 valence electrons. The van der Waals surface area contributed by atoms with E-state index in [4.69, 9.17) is 9.47 Å². The van der Waals surface area contributed by atoms with Gasteiger partial charge in [0.25, 0.3) is 5.79 Å². The number of hydrogen-bond donors (Lipinski definition) is 0. The number of ether oxygens (including phenoxy) is 2. The number of benzene rings is 2. The molecule has 0 atom stereocenters. The fraction of sp³-hybridized carbons (Fsp3) is 0.333. The van der Waals surface area contributed by atoms with Crippen LogP contribution in [0.15, 0.2) is 54.6 Å². The zero-order chi connectivity index (χ0) is 14.9. The van der Waals surface area contributed by atoms with Gasteiger partial charge in [-0.15, -0.1) is 0 Å². The Morgan fingerprint density at radius 2 is 1.33 bits per heavy atom. The van der Waals surface area contributed by atoms with Crippen LogP contribution in [0.3, 0.4) is 0 Å². The number of para-hydroxylation sites is 2. The molecule has 3 heteroatoms. The predicted molar refractivity (Wildman–Crippen MR) is 83.3 cm³/mol. The van der Waals surface area contributed by atoms with Crippen molar-refractivity contribution in [2.75, 3.05) is 27.7 Å². The van der Waals surface area contributed by atoms with Crippen LogP contribution in [0, 0.1) is 0 Å². The lowest BCUT2D eigenvalue weighted by atomic mass is 10.0. The third-order valence-electron chi connectivity index (χ3n) is 3.72. The first-order valence-corrected chi connectivity index (χ1v) is 7.32. The van der Waals surface area contributed by atoms with Crippen molar-refractivity contribution in [2.45, 2.75) is 12.2 Å². The normalized spacial score (nSPS) is 16.0. The van der Waals surface area contributed by atoms with Crippen LogP contribution in [-0.4, -0.2) is 32.2 Å². The van der Waals surface area contributed by atoms with E-state index in [1.54, 1.807) is 0 Å². The Labute approximate surface area is 126 Å². The predicted octanol–water partition coefficient (Wildman–Crippen LogP) is 3.41. The molecule has 0 aliphatic carbocycles. The van der Waals surface area contributed by atoms with Gasteiger partial charge in [0.1, 0.15) is 0 Å². The SMILES string of the molecule is C[N+](C)(C)CCC1(c2ccccc2)Oc2ccccc2O1. The minimum absolute atomic E-state index is 0.712. The summed E-state index contributed by atoms with van der Waals surface area (Å²) < 4.78 is 13.4. The van der Waals surface area contributed by atoms with Crippen molar-refractivity contribution in [2.24, 2.45) is 0 Å². The number of hydrogen-bond acceptors (Lipinski definition) is 2. The monoisotopic (exact) mass is 284 g/mol. The number of fused-ring (bicyclic) bond motifs is 1. The molecular weight excluding hydrogens is 262 g/mol. The van der Waals surface area contributed by atoms with Crippen molar-refractivity contribution in [3.05, 3.63) is 60.2 Å². The minimum Gasteiger partial charge on any atom is -0.444 e. The van der Waals surface area contributed by atoms with E-state index in [2.05, 4.69) is 33.3 Å². The van der Waals surface area contributed by atoms with Crippen LogP contribution in [0.1, 0.15) is 12.0 Å². The minimum atomic E-state index is -0.712. The van der Waals surface area contributed by atoms with E-state index in [1.165, 1.54) is 0 Å². The fourth-order valence-corrected chi connectivity index (χ4v) is 2.53. The van der Waals surface area contributed by atoms with Gasteiger partial charge in [-0.05, 0) is 12.1 Å². The molecule has 0 bridgehead atoms. The van der Waals surface area contributed by atoms with Crippen molar-refractivity contribution in [1.82, 2.24) is 0 Å². The first-order chi connectivity index (χ1) is 9.99. The van der Waals surface area contributed by atoms with Crippen molar-refractivity contribution < 1.29 is 14.0 Å². The topological polar surface area (TPSA) is 18.5 Å². The summed E-state index contributed by atoms with van der Waals surface area (Å²) in [6, 6.07) is 18.1. The van der Waals surface area contributed by atoms with Gasteiger partial charge in [-0.2, -0.15) is 0 Å². The maximum atomic E-state index is 6.24. The van der Waals surface area contributed by atoms with Gasteiger partial charge < -0.3 is 14.0 Å². The summed E-state index contributed by atoms with van der Waals surface area (Å²) in [6.07, 6.45) is 0.801. The molecular formula is C18H22NO2+. The second-order valence-electron chi connectivity index (χ2n) is 6.53. The molecule has 1 aliphatic rings.